The van der Waals surface area contributed by atoms with Crippen LogP contribution in [-0.2, 0) is 0 Å². The second-order valence-corrected chi connectivity index (χ2v) is 1.60. The molecule has 0 saturated heterocycles. The molecule has 0 heterocycles. The maximum Gasteiger partial charge on any atom is 0.267 e. The molecule has 0 rings (SSSR count). The number of hydrogen-bond acceptors (Lipinski definition) is 0. The van der Waals surface area contributed by atoms with E-state index in [9.17, 15) is 0 Å². The van der Waals surface area contributed by atoms with Crippen molar-refractivity contribution < 1.29 is 4.99 Å². The van der Waals surface area contributed by atoms with Gasteiger partial charge in [0, 0.05) is 6.08 Å². The lowest BCUT2D eigenvalue weighted by molar-refractivity contribution is -0.415. The van der Waals surface area contributed by atoms with Crippen LogP contribution >= 0.6 is 11.6 Å². The van der Waals surface area contributed by atoms with Crippen LogP contribution in [0.2, 0.25) is 0 Å². The number of allylic oxidation sites excluding steroid dienone is 3. The summed E-state index contributed by atoms with van der Waals surface area (Å²) in [5.41, 5.74) is 0. The van der Waals surface area contributed by atoms with Crippen molar-refractivity contribution in [1.29, 1.82) is 0 Å². The molecule has 8 heavy (non-hydrogen) atoms. The van der Waals surface area contributed by atoms with E-state index >= 15 is 0 Å². The molecule has 0 aliphatic rings. The second-order valence-electron chi connectivity index (χ2n) is 1.19. The molecule has 0 aromatic rings. The fourth-order valence-electron chi connectivity index (χ4n) is 0.236. The van der Waals surface area contributed by atoms with E-state index in [1.165, 1.54) is 0 Å². The minimum absolute atomic E-state index is 0.616. The fourth-order valence-corrected chi connectivity index (χ4v) is 0.309. The Bertz CT molecular complexity index is 124. The van der Waals surface area contributed by atoms with Gasteiger partial charge in [-0.3, -0.25) is 0 Å². The van der Waals surface area contributed by atoms with Gasteiger partial charge in [0.1, 0.15) is 7.05 Å². The minimum atomic E-state index is 0.616. The third kappa shape index (κ3) is 3.62. The highest BCUT2D eigenvalue weighted by Crippen LogP contribution is 1.78. The highest BCUT2D eigenvalue weighted by molar-refractivity contribution is 6.66. The maximum atomic E-state index is 5.51. The van der Waals surface area contributed by atoms with Crippen LogP contribution in [0.5, 0.6) is 0 Å². The first-order valence-corrected chi connectivity index (χ1v) is 2.68. The van der Waals surface area contributed by atoms with Crippen molar-refractivity contribution in [1.82, 2.24) is 0 Å². The lowest BCUT2D eigenvalue weighted by Crippen LogP contribution is -2.65. The SMILES string of the molecule is C=C/C=C\C(Cl)=[NH+]C. The van der Waals surface area contributed by atoms with Crippen LogP contribution in [0.15, 0.2) is 24.8 Å². The van der Waals surface area contributed by atoms with Crippen LogP contribution < -0.4 is 4.99 Å². The molecule has 0 atom stereocenters. The van der Waals surface area contributed by atoms with Gasteiger partial charge in [-0.2, -0.15) is 0 Å². The van der Waals surface area contributed by atoms with Gasteiger partial charge in [-0.1, -0.05) is 18.7 Å². The molecule has 0 saturated carbocycles. The van der Waals surface area contributed by atoms with Crippen LogP contribution in [0, 0.1) is 0 Å². The zero-order chi connectivity index (χ0) is 6.41. The van der Waals surface area contributed by atoms with Crippen molar-refractivity contribution in [2.75, 3.05) is 7.05 Å². The van der Waals surface area contributed by atoms with Crippen LogP contribution in [0.1, 0.15) is 0 Å². The van der Waals surface area contributed by atoms with Crippen LogP contribution in [0.3, 0.4) is 0 Å². The summed E-state index contributed by atoms with van der Waals surface area (Å²) >= 11 is 5.51. The molecule has 0 bridgehead atoms. The summed E-state index contributed by atoms with van der Waals surface area (Å²) in [6, 6.07) is 0. The molecule has 1 nitrogen and oxygen atoms in total. The summed E-state index contributed by atoms with van der Waals surface area (Å²) in [6.07, 6.45) is 5.16. The van der Waals surface area contributed by atoms with Crippen molar-refractivity contribution in [2.45, 2.75) is 0 Å². The largest absolute Gasteiger partial charge is 0.267 e. The lowest BCUT2D eigenvalue weighted by Gasteiger charge is -1.71. The van der Waals surface area contributed by atoms with Crippen LogP contribution in [0.4, 0.5) is 0 Å². The molecule has 0 amide bonds. The number of halogens is 1. The monoisotopic (exact) mass is 130 g/mol. The van der Waals surface area contributed by atoms with E-state index in [2.05, 4.69) is 11.6 Å². The molecule has 0 aromatic heterocycles. The Kier molecular flexibility index (Phi) is 4.27. The number of rotatable bonds is 2. The Balaban J connectivity index is 3.69. The molecule has 2 heteroatoms. The first kappa shape index (κ1) is 7.44. The predicted octanol–water partition coefficient (Wildman–Crippen LogP) is 0.0763. The Hall–Kier alpha value is -0.560. The summed E-state index contributed by atoms with van der Waals surface area (Å²) < 4.78 is 0. The van der Waals surface area contributed by atoms with E-state index in [0.717, 1.165) is 0 Å². The summed E-state index contributed by atoms with van der Waals surface area (Å²) in [4.78, 5) is 2.75. The van der Waals surface area contributed by atoms with Crippen LogP contribution in [-0.4, -0.2) is 12.2 Å². The fraction of sp³-hybridized carbons (Fsp3) is 0.167. The summed E-state index contributed by atoms with van der Waals surface area (Å²) in [7, 11) is 1.76. The van der Waals surface area contributed by atoms with Gasteiger partial charge in [0.2, 0.25) is 0 Å². The molecule has 1 N–H and O–H groups in total. The van der Waals surface area contributed by atoms with Gasteiger partial charge in [0.15, 0.2) is 0 Å². The molecule has 0 unspecified atom stereocenters. The highest BCUT2D eigenvalue weighted by Gasteiger charge is 1.84. The lowest BCUT2D eigenvalue weighted by atomic mass is 10.5. The van der Waals surface area contributed by atoms with Gasteiger partial charge in [-0.15, -0.1) is 0 Å². The van der Waals surface area contributed by atoms with E-state index in [1.54, 1.807) is 25.3 Å². The van der Waals surface area contributed by atoms with Crippen LogP contribution in [0.25, 0.3) is 0 Å². The molecule has 44 valence electrons. The van der Waals surface area contributed by atoms with E-state index in [1.807, 2.05) is 0 Å². The smallest absolute Gasteiger partial charge is 0.235 e. The third-order valence-corrected chi connectivity index (χ3v) is 0.932. The predicted molar refractivity (Wildman–Crippen MR) is 37.1 cm³/mol. The Morgan fingerprint density at radius 3 is 2.75 bits per heavy atom. The van der Waals surface area contributed by atoms with Gasteiger partial charge >= 0.3 is 0 Å². The molecule has 0 aliphatic heterocycles. The van der Waals surface area contributed by atoms with E-state index in [4.69, 9.17) is 11.6 Å². The highest BCUT2D eigenvalue weighted by atomic mass is 35.5. The zero-order valence-electron chi connectivity index (χ0n) is 4.82. The van der Waals surface area contributed by atoms with Gasteiger partial charge in [0.25, 0.3) is 5.17 Å². The summed E-state index contributed by atoms with van der Waals surface area (Å²) in [5, 5.41) is 0.616. The van der Waals surface area contributed by atoms with E-state index in [0.29, 0.717) is 5.17 Å². The molecular formula is C6H9ClN+. The summed E-state index contributed by atoms with van der Waals surface area (Å²) in [5.74, 6) is 0. The maximum absolute atomic E-state index is 5.51. The zero-order valence-corrected chi connectivity index (χ0v) is 5.57. The third-order valence-electron chi connectivity index (χ3n) is 0.617. The quantitative estimate of drug-likeness (QED) is 0.402. The molecule has 0 fully saturated rings. The molecule has 0 spiro atoms. The molecule has 0 radical (unpaired) electrons. The second kappa shape index (κ2) is 4.60. The van der Waals surface area contributed by atoms with Gasteiger partial charge < -0.3 is 0 Å². The van der Waals surface area contributed by atoms with Gasteiger partial charge in [0.05, 0.1) is 0 Å². The molecular weight excluding hydrogens is 122 g/mol. The Labute approximate surface area is 54.4 Å². The van der Waals surface area contributed by atoms with Crippen molar-refractivity contribution in [3.8, 4) is 0 Å². The first-order valence-electron chi connectivity index (χ1n) is 2.30. The average Bonchev–Trinajstić information content (AvgIpc) is 1.83. The van der Waals surface area contributed by atoms with Crippen molar-refractivity contribution in [2.24, 2.45) is 0 Å². The van der Waals surface area contributed by atoms with E-state index in [-0.39, 0.29) is 0 Å². The van der Waals surface area contributed by atoms with E-state index < -0.39 is 0 Å². The normalized spacial score (nSPS) is 12.5. The average molecular weight is 131 g/mol. The topological polar surface area (TPSA) is 14.0 Å². The van der Waals surface area contributed by atoms with Gasteiger partial charge in [-0.05, 0) is 11.6 Å². The standard InChI is InChI=1S/C6H8ClN/c1-3-4-5-6(7)8-2/h3-5H,1H2,2H3/p+1/b5-4-,8-6?. The molecule has 0 aliphatic carbocycles. The first-order chi connectivity index (χ1) is 3.81. The van der Waals surface area contributed by atoms with Crippen molar-refractivity contribution in [3.05, 3.63) is 24.8 Å². The minimum Gasteiger partial charge on any atom is -0.235 e. The number of hydrogen-bond donors (Lipinski definition) is 1. The number of nitrogens with one attached hydrogen (secondary N) is 1. The van der Waals surface area contributed by atoms with Gasteiger partial charge in [-0.25, -0.2) is 4.99 Å². The Morgan fingerprint density at radius 2 is 2.38 bits per heavy atom. The Morgan fingerprint density at radius 1 is 1.75 bits per heavy atom. The molecule has 0 aromatic carbocycles. The summed E-state index contributed by atoms with van der Waals surface area (Å²) in [6.45, 7) is 3.48. The van der Waals surface area contributed by atoms with Crippen molar-refractivity contribution in [3.63, 3.8) is 0 Å². The van der Waals surface area contributed by atoms with Crippen molar-refractivity contribution >= 4 is 16.8 Å².